The van der Waals surface area contributed by atoms with Gasteiger partial charge < -0.3 is 10.4 Å². The van der Waals surface area contributed by atoms with Gasteiger partial charge in [-0.05, 0) is 24.1 Å². The number of carboxylic acid groups (broad SMARTS) is 1. The normalized spacial score (nSPS) is 13.1. The Hall–Kier alpha value is -2.12. The van der Waals surface area contributed by atoms with Gasteiger partial charge in [0.1, 0.15) is 11.9 Å². The van der Waals surface area contributed by atoms with E-state index in [1.165, 1.54) is 13.8 Å². The summed E-state index contributed by atoms with van der Waals surface area (Å²) in [5, 5.41) is 11.0. The van der Waals surface area contributed by atoms with E-state index >= 15 is 0 Å². The molecular formula is C13H13F4NO3. The molecule has 0 fully saturated rings. The molecule has 0 aliphatic heterocycles. The second kappa shape index (κ2) is 6.11. The lowest BCUT2D eigenvalue weighted by atomic mass is 10.0. The molecule has 0 heterocycles. The van der Waals surface area contributed by atoms with Gasteiger partial charge in [-0.15, -0.1) is 0 Å². The number of alkyl halides is 3. The topological polar surface area (TPSA) is 66.4 Å². The van der Waals surface area contributed by atoms with Crippen molar-refractivity contribution < 1.29 is 32.3 Å². The molecule has 0 spiro atoms. The van der Waals surface area contributed by atoms with Crippen molar-refractivity contribution in [1.82, 2.24) is 5.32 Å². The summed E-state index contributed by atoms with van der Waals surface area (Å²) in [6.45, 7) is 3.07. The fourth-order valence-corrected chi connectivity index (χ4v) is 1.62. The van der Waals surface area contributed by atoms with Crippen molar-refractivity contribution in [2.75, 3.05) is 0 Å². The fourth-order valence-electron chi connectivity index (χ4n) is 1.62. The number of nitrogens with one attached hydrogen (secondary N) is 1. The van der Waals surface area contributed by atoms with Crippen LogP contribution in [0.1, 0.15) is 29.8 Å². The Balaban J connectivity index is 3.06. The van der Waals surface area contributed by atoms with Crippen LogP contribution in [0, 0.1) is 11.7 Å². The average molecular weight is 307 g/mol. The van der Waals surface area contributed by atoms with E-state index in [9.17, 15) is 27.2 Å². The molecule has 0 aliphatic rings. The lowest BCUT2D eigenvalue weighted by Crippen LogP contribution is -2.44. The zero-order chi connectivity index (χ0) is 16.4. The molecule has 1 aromatic carbocycles. The first-order valence-corrected chi connectivity index (χ1v) is 5.94. The molecule has 0 radical (unpaired) electrons. The fraction of sp³-hybridized carbons (Fsp3) is 0.385. The Kier molecular flexibility index (Phi) is 4.93. The molecule has 1 atom stereocenters. The Morgan fingerprint density at radius 1 is 1.24 bits per heavy atom. The Bertz CT molecular complexity index is 555. The molecule has 116 valence electrons. The first kappa shape index (κ1) is 16.9. The number of carboxylic acids is 1. The lowest BCUT2D eigenvalue weighted by molar-refractivity contribution is -0.141. The maximum Gasteiger partial charge on any atom is 0.419 e. The van der Waals surface area contributed by atoms with Crippen LogP contribution in [0.4, 0.5) is 17.6 Å². The zero-order valence-electron chi connectivity index (χ0n) is 11.2. The molecule has 1 amide bonds. The number of benzene rings is 1. The smallest absolute Gasteiger partial charge is 0.419 e. The minimum Gasteiger partial charge on any atom is -0.480 e. The summed E-state index contributed by atoms with van der Waals surface area (Å²) in [5.41, 5.74) is -2.04. The molecule has 4 nitrogen and oxygen atoms in total. The van der Waals surface area contributed by atoms with E-state index in [1.807, 2.05) is 0 Å². The SMILES string of the molecule is CC(C)C(NC(=O)c1ccc(F)c(C(F)(F)F)c1)C(=O)O. The predicted molar refractivity (Wildman–Crippen MR) is 65.1 cm³/mol. The second-order valence-corrected chi connectivity index (χ2v) is 4.73. The van der Waals surface area contributed by atoms with E-state index in [1.54, 1.807) is 0 Å². The van der Waals surface area contributed by atoms with Crippen LogP contribution in [0.2, 0.25) is 0 Å². The predicted octanol–water partition coefficient (Wildman–Crippen LogP) is 2.68. The zero-order valence-corrected chi connectivity index (χ0v) is 11.2. The molecular weight excluding hydrogens is 294 g/mol. The maximum absolute atomic E-state index is 13.1. The molecule has 21 heavy (non-hydrogen) atoms. The van der Waals surface area contributed by atoms with Crippen LogP contribution < -0.4 is 5.32 Å². The van der Waals surface area contributed by atoms with Crippen LogP contribution in [0.5, 0.6) is 0 Å². The van der Waals surface area contributed by atoms with Crippen molar-refractivity contribution in [2.45, 2.75) is 26.1 Å². The highest BCUT2D eigenvalue weighted by atomic mass is 19.4. The summed E-state index contributed by atoms with van der Waals surface area (Å²) < 4.78 is 50.7. The van der Waals surface area contributed by atoms with Crippen LogP contribution in [0.3, 0.4) is 0 Å². The van der Waals surface area contributed by atoms with E-state index in [0.717, 1.165) is 6.07 Å². The van der Waals surface area contributed by atoms with Gasteiger partial charge in [-0.25, -0.2) is 9.18 Å². The van der Waals surface area contributed by atoms with E-state index in [2.05, 4.69) is 5.32 Å². The Morgan fingerprint density at radius 3 is 2.24 bits per heavy atom. The highest BCUT2D eigenvalue weighted by Crippen LogP contribution is 2.31. The third kappa shape index (κ3) is 4.17. The summed E-state index contributed by atoms with van der Waals surface area (Å²) in [5.74, 6) is -4.29. The minimum atomic E-state index is -4.94. The van der Waals surface area contributed by atoms with Gasteiger partial charge in [-0.3, -0.25) is 4.79 Å². The number of aliphatic carboxylic acids is 1. The van der Waals surface area contributed by atoms with Crippen LogP contribution >= 0.6 is 0 Å². The molecule has 0 saturated carbocycles. The number of rotatable bonds is 4. The third-order valence-electron chi connectivity index (χ3n) is 2.75. The monoisotopic (exact) mass is 307 g/mol. The van der Waals surface area contributed by atoms with Gasteiger partial charge in [0.2, 0.25) is 0 Å². The van der Waals surface area contributed by atoms with E-state index in [0.29, 0.717) is 12.1 Å². The summed E-state index contributed by atoms with van der Waals surface area (Å²) in [6.07, 6.45) is -4.94. The van der Waals surface area contributed by atoms with Crippen LogP contribution in [-0.2, 0) is 11.0 Å². The number of hydrogen-bond donors (Lipinski definition) is 2. The van der Waals surface area contributed by atoms with Gasteiger partial charge in [0.15, 0.2) is 0 Å². The number of hydrogen-bond acceptors (Lipinski definition) is 2. The molecule has 1 aromatic rings. The third-order valence-corrected chi connectivity index (χ3v) is 2.75. The molecule has 0 saturated heterocycles. The summed E-state index contributed by atoms with van der Waals surface area (Å²) >= 11 is 0. The van der Waals surface area contributed by atoms with Crippen LogP contribution in [0.15, 0.2) is 18.2 Å². The number of carbonyl (C=O) groups is 2. The first-order chi connectivity index (χ1) is 9.54. The number of halogens is 4. The van der Waals surface area contributed by atoms with Crippen molar-refractivity contribution >= 4 is 11.9 Å². The van der Waals surface area contributed by atoms with Crippen molar-refractivity contribution in [1.29, 1.82) is 0 Å². The summed E-state index contributed by atoms with van der Waals surface area (Å²) in [4.78, 5) is 22.7. The van der Waals surface area contributed by atoms with Crippen molar-refractivity contribution in [3.05, 3.63) is 35.1 Å². The van der Waals surface area contributed by atoms with Gasteiger partial charge in [0.25, 0.3) is 5.91 Å². The standard InChI is InChI=1S/C13H13F4NO3/c1-6(2)10(12(20)21)18-11(19)7-3-4-9(14)8(5-7)13(15,16)17/h3-6,10H,1-2H3,(H,18,19)(H,20,21). The second-order valence-electron chi connectivity index (χ2n) is 4.73. The Labute approximate surface area is 117 Å². The highest BCUT2D eigenvalue weighted by Gasteiger charge is 2.35. The van der Waals surface area contributed by atoms with Gasteiger partial charge >= 0.3 is 12.1 Å². The highest BCUT2D eigenvalue weighted by molar-refractivity contribution is 5.96. The lowest BCUT2D eigenvalue weighted by Gasteiger charge is -2.18. The number of amides is 1. The molecule has 0 aromatic heterocycles. The van der Waals surface area contributed by atoms with E-state index in [4.69, 9.17) is 5.11 Å². The van der Waals surface area contributed by atoms with E-state index < -0.39 is 47.0 Å². The molecule has 1 unspecified atom stereocenters. The molecule has 0 aliphatic carbocycles. The van der Waals surface area contributed by atoms with Gasteiger partial charge in [-0.1, -0.05) is 13.8 Å². The summed E-state index contributed by atoms with van der Waals surface area (Å²) in [6, 6.07) is 0.475. The van der Waals surface area contributed by atoms with Gasteiger partial charge in [0.05, 0.1) is 5.56 Å². The van der Waals surface area contributed by atoms with Crippen molar-refractivity contribution in [3.63, 3.8) is 0 Å². The summed E-state index contributed by atoms with van der Waals surface area (Å²) in [7, 11) is 0. The van der Waals surface area contributed by atoms with E-state index in [-0.39, 0.29) is 0 Å². The largest absolute Gasteiger partial charge is 0.480 e. The first-order valence-electron chi connectivity index (χ1n) is 5.94. The molecule has 2 N–H and O–H groups in total. The van der Waals surface area contributed by atoms with Crippen LogP contribution in [-0.4, -0.2) is 23.0 Å². The van der Waals surface area contributed by atoms with Crippen molar-refractivity contribution in [3.8, 4) is 0 Å². The van der Waals surface area contributed by atoms with Gasteiger partial charge in [0, 0.05) is 5.56 Å². The maximum atomic E-state index is 13.1. The molecule has 1 rings (SSSR count). The Morgan fingerprint density at radius 2 is 1.81 bits per heavy atom. The molecule has 8 heteroatoms. The van der Waals surface area contributed by atoms with Crippen molar-refractivity contribution in [2.24, 2.45) is 5.92 Å². The average Bonchev–Trinajstić information content (AvgIpc) is 2.33. The van der Waals surface area contributed by atoms with Crippen LogP contribution in [0.25, 0.3) is 0 Å². The number of carbonyl (C=O) groups excluding carboxylic acids is 1. The van der Waals surface area contributed by atoms with Gasteiger partial charge in [-0.2, -0.15) is 13.2 Å². The molecule has 0 bridgehead atoms. The minimum absolute atomic E-state index is 0.351. The quantitative estimate of drug-likeness (QED) is 0.841.